The number of aromatic nitrogens is 1. The first-order chi connectivity index (χ1) is 9.91. The number of carbonyl (C=O) groups is 1. The molecule has 0 bridgehead atoms. The molecule has 2 rings (SSSR count). The summed E-state index contributed by atoms with van der Waals surface area (Å²) >= 11 is 12.3. The quantitative estimate of drug-likeness (QED) is 0.659. The molecule has 1 aromatic heterocycles. The normalized spacial score (nSPS) is 11.0. The van der Waals surface area contributed by atoms with Gasteiger partial charge in [0.1, 0.15) is 0 Å². The molecule has 21 heavy (non-hydrogen) atoms. The van der Waals surface area contributed by atoms with E-state index >= 15 is 0 Å². The Morgan fingerprint density at radius 2 is 2.10 bits per heavy atom. The van der Waals surface area contributed by atoms with E-state index in [1.54, 1.807) is 6.07 Å². The zero-order chi connectivity index (χ0) is 15.6. The summed E-state index contributed by atoms with van der Waals surface area (Å²) in [4.78, 5) is 10.6. The molecule has 5 nitrogen and oxygen atoms in total. The zero-order valence-electron chi connectivity index (χ0n) is 11.5. The number of hydrogen-bond donors (Lipinski definition) is 2. The predicted molar refractivity (Wildman–Crippen MR) is 85.6 cm³/mol. The maximum Gasteiger partial charge on any atom is 0.332 e. The van der Waals surface area contributed by atoms with Gasteiger partial charge in [0.2, 0.25) is 0 Å². The second-order valence-electron chi connectivity index (χ2n) is 4.47. The van der Waals surface area contributed by atoms with E-state index in [0.717, 1.165) is 22.6 Å². The summed E-state index contributed by atoms with van der Waals surface area (Å²) < 4.78 is 1.97. The van der Waals surface area contributed by atoms with Crippen LogP contribution in [0, 0.1) is 13.8 Å². The van der Waals surface area contributed by atoms with Crippen molar-refractivity contribution in [1.82, 2.24) is 9.99 Å². The Hall–Kier alpha value is -1.98. The molecule has 0 aliphatic rings. The van der Waals surface area contributed by atoms with E-state index in [2.05, 4.69) is 10.5 Å². The van der Waals surface area contributed by atoms with Crippen molar-refractivity contribution >= 4 is 35.4 Å². The molecular formula is C14H14Cl2N4O. The summed E-state index contributed by atoms with van der Waals surface area (Å²) in [5.74, 6) is 0. The molecule has 0 aliphatic carbocycles. The Morgan fingerprint density at radius 3 is 2.76 bits per heavy atom. The number of hydrogen-bond acceptors (Lipinski definition) is 2. The molecule has 7 heteroatoms. The van der Waals surface area contributed by atoms with Crippen LogP contribution in [0.15, 0.2) is 29.4 Å². The third kappa shape index (κ3) is 3.20. The van der Waals surface area contributed by atoms with Crippen LogP contribution in [-0.2, 0) is 0 Å². The number of aryl methyl sites for hydroxylation is 1. The first kappa shape index (κ1) is 15.4. The highest BCUT2D eigenvalue weighted by atomic mass is 35.5. The molecule has 0 atom stereocenters. The van der Waals surface area contributed by atoms with Crippen LogP contribution in [0.2, 0.25) is 10.0 Å². The van der Waals surface area contributed by atoms with Gasteiger partial charge in [-0.3, -0.25) is 0 Å². The molecule has 0 saturated carbocycles. The van der Waals surface area contributed by atoms with E-state index in [1.807, 2.05) is 36.6 Å². The molecule has 0 saturated heterocycles. The van der Waals surface area contributed by atoms with Crippen LogP contribution in [0.5, 0.6) is 0 Å². The minimum absolute atomic E-state index is 0.486. The highest BCUT2D eigenvalue weighted by molar-refractivity contribution is 6.43. The lowest BCUT2D eigenvalue weighted by Gasteiger charge is -2.12. The van der Waals surface area contributed by atoms with E-state index in [4.69, 9.17) is 28.9 Å². The van der Waals surface area contributed by atoms with Crippen molar-refractivity contribution in [1.29, 1.82) is 0 Å². The van der Waals surface area contributed by atoms with Crippen molar-refractivity contribution in [3.63, 3.8) is 0 Å². The van der Waals surface area contributed by atoms with Gasteiger partial charge in [0.25, 0.3) is 0 Å². The molecule has 2 amide bonds. The molecule has 2 aromatic rings. The minimum atomic E-state index is -0.710. The Balaban J connectivity index is 2.47. The number of nitrogens with two attached hydrogens (primary N) is 1. The van der Waals surface area contributed by atoms with Gasteiger partial charge in [0.15, 0.2) is 0 Å². The van der Waals surface area contributed by atoms with Crippen molar-refractivity contribution in [2.75, 3.05) is 0 Å². The number of nitrogens with one attached hydrogen (secondary N) is 1. The third-order valence-electron chi connectivity index (χ3n) is 3.02. The number of hydrazone groups is 1. The van der Waals surface area contributed by atoms with Gasteiger partial charge in [-0.15, -0.1) is 0 Å². The van der Waals surface area contributed by atoms with E-state index in [-0.39, 0.29) is 0 Å². The van der Waals surface area contributed by atoms with Crippen molar-refractivity contribution in [2.24, 2.45) is 10.8 Å². The maximum atomic E-state index is 10.6. The van der Waals surface area contributed by atoms with E-state index < -0.39 is 6.03 Å². The van der Waals surface area contributed by atoms with Crippen LogP contribution < -0.4 is 11.2 Å². The number of urea groups is 1. The van der Waals surface area contributed by atoms with Gasteiger partial charge in [0, 0.05) is 17.0 Å². The first-order valence-corrected chi connectivity index (χ1v) is 6.89. The molecule has 0 spiro atoms. The smallest absolute Gasteiger partial charge is 0.332 e. The summed E-state index contributed by atoms with van der Waals surface area (Å²) in [5, 5.41) is 4.75. The molecule has 1 heterocycles. The van der Waals surface area contributed by atoms with Gasteiger partial charge in [-0.25, -0.2) is 10.2 Å². The topological polar surface area (TPSA) is 72.4 Å². The number of rotatable bonds is 3. The van der Waals surface area contributed by atoms with Crippen molar-refractivity contribution in [3.05, 3.63) is 51.3 Å². The fraction of sp³-hybridized carbons (Fsp3) is 0.143. The first-order valence-electron chi connectivity index (χ1n) is 6.13. The fourth-order valence-electron chi connectivity index (χ4n) is 2.12. The van der Waals surface area contributed by atoms with Gasteiger partial charge in [0.05, 0.1) is 21.9 Å². The Morgan fingerprint density at radius 1 is 1.38 bits per heavy atom. The van der Waals surface area contributed by atoms with Crippen molar-refractivity contribution in [2.45, 2.75) is 13.8 Å². The summed E-state index contributed by atoms with van der Waals surface area (Å²) in [6.45, 7) is 3.87. The molecule has 0 fully saturated rings. The van der Waals surface area contributed by atoms with Gasteiger partial charge in [-0.1, -0.05) is 29.3 Å². The van der Waals surface area contributed by atoms with Gasteiger partial charge < -0.3 is 10.3 Å². The Labute approximate surface area is 132 Å². The van der Waals surface area contributed by atoms with Crippen LogP contribution >= 0.6 is 23.2 Å². The van der Waals surface area contributed by atoms with Crippen LogP contribution in [0.25, 0.3) is 5.69 Å². The Bertz CT molecular complexity index is 722. The number of amides is 2. The lowest BCUT2D eigenvalue weighted by molar-refractivity contribution is 0.249. The highest BCUT2D eigenvalue weighted by Crippen LogP contribution is 2.31. The number of halogens is 2. The second-order valence-corrected chi connectivity index (χ2v) is 5.25. The fourth-order valence-corrected chi connectivity index (χ4v) is 2.50. The van der Waals surface area contributed by atoms with Crippen LogP contribution in [-0.4, -0.2) is 16.8 Å². The predicted octanol–water partition coefficient (Wildman–Crippen LogP) is 3.40. The van der Waals surface area contributed by atoms with Crippen LogP contribution in [0.3, 0.4) is 0 Å². The average Bonchev–Trinajstić information content (AvgIpc) is 2.68. The van der Waals surface area contributed by atoms with Crippen LogP contribution in [0.4, 0.5) is 4.79 Å². The average molecular weight is 325 g/mol. The lowest BCUT2D eigenvalue weighted by atomic mass is 10.2. The number of primary amides is 1. The maximum absolute atomic E-state index is 10.6. The van der Waals surface area contributed by atoms with Crippen molar-refractivity contribution in [3.8, 4) is 5.69 Å². The van der Waals surface area contributed by atoms with E-state index in [1.165, 1.54) is 6.21 Å². The largest absolute Gasteiger partial charge is 0.350 e. The van der Waals surface area contributed by atoms with Gasteiger partial charge in [-0.05, 0) is 32.0 Å². The zero-order valence-corrected chi connectivity index (χ0v) is 13.0. The van der Waals surface area contributed by atoms with E-state index in [0.29, 0.717) is 10.0 Å². The molecule has 0 aliphatic heterocycles. The molecule has 0 unspecified atom stereocenters. The molecular weight excluding hydrogens is 311 g/mol. The lowest BCUT2D eigenvalue weighted by Crippen LogP contribution is -2.24. The second kappa shape index (κ2) is 6.20. The minimum Gasteiger partial charge on any atom is -0.350 e. The van der Waals surface area contributed by atoms with Gasteiger partial charge in [-0.2, -0.15) is 5.10 Å². The summed E-state index contributed by atoms with van der Waals surface area (Å²) in [7, 11) is 0. The standard InChI is InChI=1S/C14H14Cl2N4O/c1-8-6-10(7-18-19-14(17)21)9(2)20(8)12-5-3-4-11(15)13(12)16/h3-7H,1-2H3,(H3,17,19,21)/b18-7+. The molecule has 1 aromatic carbocycles. The molecule has 3 N–H and O–H groups in total. The number of carbonyl (C=O) groups excluding carboxylic acids is 1. The SMILES string of the molecule is Cc1cc(/C=N/NC(N)=O)c(C)n1-c1cccc(Cl)c1Cl. The third-order valence-corrected chi connectivity index (χ3v) is 3.83. The summed E-state index contributed by atoms with van der Waals surface area (Å²) in [5.41, 5.74) is 10.6. The molecule has 0 radical (unpaired) electrons. The monoisotopic (exact) mass is 324 g/mol. The number of nitrogens with zero attached hydrogens (tertiary/aromatic N) is 2. The van der Waals surface area contributed by atoms with E-state index in [9.17, 15) is 4.79 Å². The Kier molecular flexibility index (Phi) is 4.55. The summed E-state index contributed by atoms with van der Waals surface area (Å²) in [6, 6.07) is 6.68. The summed E-state index contributed by atoms with van der Waals surface area (Å²) in [6.07, 6.45) is 1.53. The highest BCUT2D eigenvalue weighted by Gasteiger charge is 2.13. The number of benzene rings is 1. The molecule has 110 valence electrons. The van der Waals surface area contributed by atoms with Gasteiger partial charge >= 0.3 is 6.03 Å². The van der Waals surface area contributed by atoms with Crippen molar-refractivity contribution < 1.29 is 4.79 Å². The van der Waals surface area contributed by atoms with Crippen LogP contribution in [0.1, 0.15) is 17.0 Å².